The van der Waals surface area contributed by atoms with Gasteiger partial charge in [-0.15, -0.1) is 0 Å². The molecule has 2 aromatic rings. The van der Waals surface area contributed by atoms with E-state index in [4.69, 9.17) is 5.73 Å². The van der Waals surface area contributed by atoms with Crippen LogP contribution in [0, 0.1) is 5.92 Å². The van der Waals surface area contributed by atoms with Gasteiger partial charge in [0.1, 0.15) is 0 Å². The summed E-state index contributed by atoms with van der Waals surface area (Å²) in [4.78, 5) is 7.89. The molecular formula is C17H21N3O. The van der Waals surface area contributed by atoms with E-state index in [-0.39, 0.29) is 11.8 Å². The van der Waals surface area contributed by atoms with Gasteiger partial charge in [0.15, 0.2) is 0 Å². The van der Waals surface area contributed by atoms with Gasteiger partial charge < -0.3 is 10.8 Å². The molecular weight excluding hydrogens is 262 g/mol. The Morgan fingerprint density at radius 3 is 2.81 bits per heavy atom. The van der Waals surface area contributed by atoms with E-state index < -0.39 is 0 Å². The molecule has 1 aliphatic carbocycles. The Bertz CT molecular complexity index is 607. The van der Waals surface area contributed by atoms with Crippen LogP contribution in [-0.2, 0) is 19.3 Å². The fraction of sp³-hybridized carbons (Fsp3) is 0.412. The smallest absolute Gasteiger partial charge is 0.223 e. The second-order valence-corrected chi connectivity index (χ2v) is 5.85. The third-order valence-corrected chi connectivity index (χ3v) is 4.28. The molecule has 0 saturated heterocycles. The molecule has 4 heteroatoms. The normalized spacial score (nSPS) is 18.0. The maximum absolute atomic E-state index is 9.47. The number of nitrogen functional groups attached to an aromatic ring is 1. The van der Waals surface area contributed by atoms with Gasteiger partial charge in [0.25, 0.3) is 0 Å². The highest BCUT2D eigenvalue weighted by molar-refractivity contribution is 5.29. The SMILES string of the molecule is Nc1nc(O)cc(CCC2CCCc3ccccc3C2)n1. The summed E-state index contributed by atoms with van der Waals surface area (Å²) in [6, 6.07) is 10.4. The van der Waals surface area contributed by atoms with Gasteiger partial charge in [-0.05, 0) is 55.6 Å². The number of anilines is 1. The molecule has 21 heavy (non-hydrogen) atoms. The van der Waals surface area contributed by atoms with Gasteiger partial charge in [-0.3, -0.25) is 0 Å². The molecule has 4 nitrogen and oxygen atoms in total. The van der Waals surface area contributed by atoms with Gasteiger partial charge in [0.05, 0.1) is 0 Å². The summed E-state index contributed by atoms with van der Waals surface area (Å²) >= 11 is 0. The molecule has 1 aliphatic rings. The number of hydrogen-bond acceptors (Lipinski definition) is 4. The van der Waals surface area contributed by atoms with Gasteiger partial charge in [0, 0.05) is 11.8 Å². The predicted octanol–water partition coefficient (Wildman–Crippen LogP) is 2.89. The van der Waals surface area contributed by atoms with Crippen LogP contribution in [0.3, 0.4) is 0 Å². The van der Waals surface area contributed by atoms with Crippen molar-refractivity contribution >= 4 is 5.95 Å². The van der Waals surface area contributed by atoms with Crippen LogP contribution in [0.1, 0.15) is 36.1 Å². The second kappa shape index (κ2) is 6.12. The number of rotatable bonds is 3. The first-order chi connectivity index (χ1) is 10.2. The first kappa shape index (κ1) is 13.9. The number of aryl methyl sites for hydroxylation is 2. The lowest BCUT2D eigenvalue weighted by molar-refractivity contribution is 0.438. The average molecular weight is 283 g/mol. The van der Waals surface area contributed by atoms with Crippen LogP contribution in [0.25, 0.3) is 0 Å². The van der Waals surface area contributed by atoms with Crippen molar-refractivity contribution in [2.24, 2.45) is 5.92 Å². The molecule has 1 unspecified atom stereocenters. The quantitative estimate of drug-likeness (QED) is 0.850. The summed E-state index contributed by atoms with van der Waals surface area (Å²) in [5.74, 6) is 0.784. The standard InChI is InChI=1S/C17H21N3O/c18-17-19-15(11-16(21)20-17)9-8-12-4-3-7-13-5-1-2-6-14(13)10-12/h1-2,5-6,11-12H,3-4,7-10H2,(H3,18,19,20,21). The van der Waals surface area contributed by atoms with Crippen LogP contribution in [0.5, 0.6) is 5.88 Å². The van der Waals surface area contributed by atoms with Crippen LogP contribution in [-0.4, -0.2) is 15.1 Å². The summed E-state index contributed by atoms with van der Waals surface area (Å²) in [7, 11) is 0. The van der Waals surface area contributed by atoms with E-state index in [9.17, 15) is 5.11 Å². The van der Waals surface area contributed by atoms with Crippen LogP contribution in [0.15, 0.2) is 30.3 Å². The highest BCUT2D eigenvalue weighted by atomic mass is 16.3. The molecule has 1 aromatic heterocycles. The van der Waals surface area contributed by atoms with Crippen LogP contribution in [0.4, 0.5) is 5.95 Å². The van der Waals surface area contributed by atoms with Gasteiger partial charge in [-0.1, -0.05) is 24.3 Å². The van der Waals surface area contributed by atoms with E-state index in [0.717, 1.165) is 25.0 Å². The first-order valence-corrected chi connectivity index (χ1v) is 7.60. The molecule has 0 aliphatic heterocycles. The van der Waals surface area contributed by atoms with E-state index >= 15 is 0 Å². The zero-order chi connectivity index (χ0) is 14.7. The zero-order valence-electron chi connectivity index (χ0n) is 12.1. The molecule has 0 radical (unpaired) electrons. The van der Waals surface area contributed by atoms with Gasteiger partial charge >= 0.3 is 0 Å². The Morgan fingerprint density at radius 2 is 2.00 bits per heavy atom. The van der Waals surface area contributed by atoms with Crippen molar-refractivity contribution in [2.45, 2.75) is 38.5 Å². The minimum Gasteiger partial charge on any atom is -0.493 e. The third-order valence-electron chi connectivity index (χ3n) is 4.28. The number of nitrogens with two attached hydrogens (primary N) is 1. The van der Waals surface area contributed by atoms with E-state index in [1.807, 2.05) is 0 Å². The average Bonchev–Trinajstić information content (AvgIpc) is 2.66. The Morgan fingerprint density at radius 1 is 1.19 bits per heavy atom. The number of aromatic hydroxyl groups is 1. The molecule has 1 aromatic carbocycles. The van der Waals surface area contributed by atoms with Crippen molar-refractivity contribution in [1.82, 2.24) is 9.97 Å². The Labute approximate surface area is 125 Å². The maximum atomic E-state index is 9.47. The van der Waals surface area contributed by atoms with E-state index in [0.29, 0.717) is 5.92 Å². The molecule has 1 atom stereocenters. The van der Waals surface area contributed by atoms with Crippen molar-refractivity contribution in [3.05, 3.63) is 47.2 Å². The summed E-state index contributed by atoms with van der Waals surface area (Å²) in [6.07, 6.45) is 6.74. The Hall–Kier alpha value is -2.10. The molecule has 1 heterocycles. The van der Waals surface area contributed by atoms with E-state index in [2.05, 4.69) is 34.2 Å². The molecule has 0 fully saturated rings. The van der Waals surface area contributed by atoms with Gasteiger partial charge in [-0.25, -0.2) is 4.98 Å². The van der Waals surface area contributed by atoms with Crippen LogP contribution < -0.4 is 5.73 Å². The van der Waals surface area contributed by atoms with E-state index in [1.54, 1.807) is 6.07 Å². The van der Waals surface area contributed by atoms with E-state index in [1.165, 1.54) is 30.4 Å². The lowest BCUT2D eigenvalue weighted by Crippen LogP contribution is -2.07. The van der Waals surface area contributed by atoms with Crippen LogP contribution in [0.2, 0.25) is 0 Å². The highest BCUT2D eigenvalue weighted by Gasteiger charge is 2.16. The minimum absolute atomic E-state index is 0.0382. The molecule has 0 saturated carbocycles. The molecule has 3 rings (SSSR count). The molecule has 110 valence electrons. The zero-order valence-corrected chi connectivity index (χ0v) is 12.1. The number of hydrogen-bond donors (Lipinski definition) is 2. The summed E-state index contributed by atoms with van der Waals surface area (Å²) < 4.78 is 0. The van der Waals surface area contributed by atoms with Gasteiger partial charge in [-0.2, -0.15) is 4.98 Å². The summed E-state index contributed by atoms with van der Waals surface area (Å²) in [5.41, 5.74) is 9.40. The van der Waals surface area contributed by atoms with Crippen LogP contribution >= 0.6 is 0 Å². The summed E-state index contributed by atoms with van der Waals surface area (Å²) in [6.45, 7) is 0. The number of nitrogens with zero attached hydrogens (tertiary/aromatic N) is 2. The fourth-order valence-electron chi connectivity index (χ4n) is 3.22. The molecule has 3 N–H and O–H groups in total. The van der Waals surface area contributed by atoms with Crippen molar-refractivity contribution < 1.29 is 5.11 Å². The lowest BCUT2D eigenvalue weighted by atomic mass is 9.92. The van der Waals surface area contributed by atoms with Crippen molar-refractivity contribution in [2.75, 3.05) is 5.73 Å². The predicted molar refractivity (Wildman–Crippen MR) is 83.0 cm³/mol. The fourth-order valence-corrected chi connectivity index (χ4v) is 3.22. The monoisotopic (exact) mass is 283 g/mol. The summed E-state index contributed by atoms with van der Waals surface area (Å²) in [5, 5.41) is 9.47. The lowest BCUT2D eigenvalue weighted by Gasteiger charge is -2.14. The number of aromatic nitrogens is 2. The topological polar surface area (TPSA) is 72.0 Å². The number of fused-ring (bicyclic) bond motifs is 1. The van der Waals surface area contributed by atoms with Gasteiger partial charge in [0.2, 0.25) is 11.8 Å². The largest absolute Gasteiger partial charge is 0.493 e. The Balaban J connectivity index is 1.65. The van der Waals surface area contributed by atoms with Crippen molar-refractivity contribution in [3.63, 3.8) is 0 Å². The number of benzene rings is 1. The maximum Gasteiger partial charge on any atom is 0.223 e. The molecule has 0 bridgehead atoms. The minimum atomic E-state index is -0.0382. The second-order valence-electron chi connectivity index (χ2n) is 5.85. The third kappa shape index (κ3) is 3.51. The molecule has 0 spiro atoms. The molecule has 0 amide bonds. The first-order valence-electron chi connectivity index (χ1n) is 7.60. The van der Waals surface area contributed by atoms with Crippen molar-refractivity contribution in [3.8, 4) is 5.88 Å². The van der Waals surface area contributed by atoms with Crippen molar-refractivity contribution in [1.29, 1.82) is 0 Å². The Kier molecular flexibility index (Phi) is 4.04. The highest BCUT2D eigenvalue weighted by Crippen LogP contribution is 2.27.